The van der Waals surface area contributed by atoms with Gasteiger partial charge in [-0.1, -0.05) is 18.6 Å². The van der Waals surface area contributed by atoms with Crippen LogP contribution in [0.5, 0.6) is 0 Å². The quantitative estimate of drug-likeness (QED) is 0.679. The number of fused-ring (bicyclic) bond motifs is 1. The van der Waals surface area contributed by atoms with Gasteiger partial charge in [0, 0.05) is 24.3 Å². The van der Waals surface area contributed by atoms with Gasteiger partial charge in [0.15, 0.2) is 5.82 Å². The van der Waals surface area contributed by atoms with E-state index in [0.29, 0.717) is 22.8 Å². The number of nitrogen functional groups attached to an aromatic ring is 1. The molecule has 0 saturated heterocycles. The molecule has 6 nitrogen and oxygen atoms in total. The van der Waals surface area contributed by atoms with Gasteiger partial charge in [-0.15, -0.1) is 10.2 Å². The van der Waals surface area contributed by atoms with Crippen LogP contribution in [-0.2, 0) is 24.2 Å². The molecule has 3 N–H and O–H groups in total. The van der Waals surface area contributed by atoms with Gasteiger partial charge < -0.3 is 15.6 Å². The molecule has 2 heterocycles. The first-order valence-corrected chi connectivity index (χ1v) is 9.46. The maximum atomic E-state index is 14.5. The molecule has 144 valence electrons. The van der Waals surface area contributed by atoms with E-state index in [9.17, 15) is 9.18 Å². The Labute approximate surface area is 162 Å². The van der Waals surface area contributed by atoms with Gasteiger partial charge in [0.2, 0.25) is 5.91 Å². The van der Waals surface area contributed by atoms with Crippen LogP contribution in [0, 0.1) is 5.82 Å². The van der Waals surface area contributed by atoms with Gasteiger partial charge in [-0.3, -0.25) is 4.79 Å². The van der Waals surface area contributed by atoms with E-state index < -0.39 is 0 Å². The predicted octanol–water partition coefficient (Wildman–Crippen LogP) is 3.57. The van der Waals surface area contributed by atoms with Crippen LogP contribution in [0.4, 0.5) is 15.8 Å². The Kier molecular flexibility index (Phi) is 5.06. The lowest BCUT2D eigenvalue weighted by Crippen LogP contribution is -2.14. The Morgan fingerprint density at radius 1 is 1.11 bits per heavy atom. The second kappa shape index (κ2) is 7.80. The number of halogens is 1. The average Bonchev–Trinajstić information content (AvgIpc) is 2.93. The van der Waals surface area contributed by atoms with Crippen molar-refractivity contribution < 1.29 is 9.18 Å². The van der Waals surface area contributed by atoms with E-state index in [-0.39, 0.29) is 18.1 Å². The number of nitrogens with two attached hydrogens (primary N) is 1. The molecule has 0 unspecified atom stereocenters. The smallest absolute Gasteiger partial charge is 0.228 e. The molecule has 0 aliphatic carbocycles. The van der Waals surface area contributed by atoms with Crippen LogP contribution in [0.25, 0.3) is 11.4 Å². The highest BCUT2D eigenvalue weighted by Gasteiger charge is 2.19. The number of nitrogens with one attached hydrogen (secondary N) is 1. The second-order valence-corrected chi connectivity index (χ2v) is 7.06. The Morgan fingerprint density at radius 2 is 1.93 bits per heavy atom. The highest BCUT2D eigenvalue weighted by Crippen LogP contribution is 2.27. The number of aromatic nitrogens is 3. The first-order valence-electron chi connectivity index (χ1n) is 9.46. The van der Waals surface area contributed by atoms with Crippen molar-refractivity contribution in [3.8, 4) is 11.4 Å². The Bertz CT molecular complexity index is 997. The van der Waals surface area contributed by atoms with Crippen LogP contribution in [0.15, 0.2) is 42.5 Å². The van der Waals surface area contributed by atoms with Crippen molar-refractivity contribution >= 4 is 17.3 Å². The number of nitrogens with zero attached hydrogens (tertiary/aromatic N) is 3. The fourth-order valence-electron chi connectivity index (χ4n) is 3.48. The molecule has 0 fully saturated rings. The van der Waals surface area contributed by atoms with E-state index in [2.05, 4.69) is 15.5 Å². The molecule has 0 spiro atoms. The summed E-state index contributed by atoms with van der Waals surface area (Å²) in [5.74, 6) is 0.854. The third-order valence-corrected chi connectivity index (χ3v) is 4.94. The minimum Gasteiger partial charge on any atom is -0.399 e. The molecule has 28 heavy (non-hydrogen) atoms. The van der Waals surface area contributed by atoms with Gasteiger partial charge in [-0.25, -0.2) is 4.39 Å². The summed E-state index contributed by atoms with van der Waals surface area (Å²) in [5, 5.41) is 11.3. The van der Waals surface area contributed by atoms with Gasteiger partial charge in [0.05, 0.1) is 12.0 Å². The van der Waals surface area contributed by atoms with Crippen molar-refractivity contribution in [3.63, 3.8) is 0 Å². The number of hydrogen-bond donors (Lipinski definition) is 2. The van der Waals surface area contributed by atoms with Crippen molar-refractivity contribution in [2.45, 2.75) is 38.6 Å². The first-order chi connectivity index (χ1) is 13.6. The number of carbonyl (C=O) groups excluding carboxylic acids is 1. The number of hydrogen-bond acceptors (Lipinski definition) is 4. The third kappa shape index (κ3) is 3.88. The zero-order chi connectivity index (χ0) is 19.5. The highest BCUT2D eigenvalue weighted by atomic mass is 19.1. The van der Waals surface area contributed by atoms with E-state index in [1.807, 2.05) is 16.7 Å². The molecule has 1 aromatic heterocycles. The maximum Gasteiger partial charge on any atom is 0.228 e. The number of anilines is 2. The van der Waals surface area contributed by atoms with Crippen LogP contribution in [0.3, 0.4) is 0 Å². The van der Waals surface area contributed by atoms with Crippen LogP contribution in [0.1, 0.15) is 30.7 Å². The molecule has 7 heteroatoms. The minimum atomic E-state index is -0.379. The number of amides is 1. The standard InChI is InChI=1S/C21H22FN5O/c22-18-10-9-16(24-20(28)12-14-5-7-15(23)8-6-14)13-17(18)21-26-25-19-4-2-1-3-11-27(19)21/h5-10,13H,1-4,11-12,23H2,(H,24,28). The summed E-state index contributed by atoms with van der Waals surface area (Å²) in [6.45, 7) is 0.783. The van der Waals surface area contributed by atoms with Crippen molar-refractivity contribution in [3.05, 3.63) is 59.7 Å². The van der Waals surface area contributed by atoms with E-state index in [0.717, 1.165) is 43.6 Å². The second-order valence-electron chi connectivity index (χ2n) is 7.06. The van der Waals surface area contributed by atoms with Gasteiger partial charge in [0.25, 0.3) is 0 Å². The summed E-state index contributed by atoms with van der Waals surface area (Å²) >= 11 is 0. The van der Waals surface area contributed by atoms with E-state index in [1.165, 1.54) is 6.07 Å². The molecule has 2 aromatic carbocycles. The molecule has 0 saturated carbocycles. The predicted molar refractivity (Wildman–Crippen MR) is 106 cm³/mol. The summed E-state index contributed by atoms with van der Waals surface area (Å²) in [4.78, 5) is 12.4. The van der Waals surface area contributed by atoms with E-state index in [4.69, 9.17) is 5.73 Å². The zero-order valence-corrected chi connectivity index (χ0v) is 15.5. The highest BCUT2D eigenvalue weighted by molar-refractivity contribution is 5.92. The monoisotopic (exact) mass is 379 g/mol. The van der Waals surface area contributed by atoms with Gasteiger partial charge >= 0.3 is 0 Å². The van der Waals surface area contributed by atoms with E-state index >= 15 is 0 Å². The summed E-state index contributed by atoms with van der Waals surface area (Å²) in [6, 6.07) is 11.7. The third-order valence-electron chi connectivity index (χ3n) is 4.94. The number of carbonyl (C=O) groups is 1. The van der Waals surface area contributed by atoms with Crippen molar-refractivity contribution in [1.82, 2.24) is 14.8 Å². The summed E-state index contributed by atoms with van der Waals surface area (Å²) in [5.41, 5.74) is 8.06. The normalized spacial score (nSPS) is 13.6. The summed E-state index contributed by atoms with van der Waals surface area (Å²) in [7, 11) is 0. The van der Waals surface area contributed by atoms with Gasteiger partial charge in [0.1, 0.15) is 11.6 Å². The lowest BCUT2D eigenvalue weighted by Gasteiger charge is -2.11. The molecule has 0 radical (unpaired) electrons. The molecule has 1 amide bonds. The van der Waals surface area contributed by atoms with Crippen LogP contribution >= 0.6 is 0 Å². The number of rotatable bonds is 4. The molecular weight excluding hydrogens is 357 g/mol. The van der Waals surface area contributed by atoms with Crippen molar-refractivity contribution in [2.75, 3.05) is 11.1 Å². The molecule has 3 aromatic rings. The molecule has 4 rings (SSSR count). The lowest BCUT2D eigenvalue weighted by molar-refractivity contribution is -0.115. The Hall–Kier alpha value is -3.22. The SMILES string of the molecule is Nc1ccc(CC(=O)Nc2ccc(F)c(-c3nnc4n3CCCCC4)c2)cc1. The number of benzene rings is 2. The van der Waals surface area contributed by atoms with E-state index in [1.54, 1.807) is 24.3 Å². The summed E-state index contributed by atoms with van der Waals surface area (Å²) in [6.07, 6.45) is 4.30. The topological polar surface area (TPSA) is 85.8 Å². The molecule has 0 bridgehead atoms. The minimum absolute atomic E-state index is 0.178. The molecule has 0 atom stereocenters. The average molecular weight is 379 g/mol. The fourth-order valence-corrected chi connectivity index (χ4v) is 3.48. The molecule has 1 aliphatic rings. The van der Waals surface area contributed by atoms with Crippen LogP contribution < -0.4 is 11.1 Å². The lowest BCUT2D eigenvalue weighted by atomic mass is 10.1. The summed E-state index contributed by atoms with van der Waals surface area (Å²) < 4.78 is 16.5. The molecular formula is C21H22FN5O. The first kappa shape index (κ1) is 18.2. The van der Waals surface area contributed by atoms with Crippen molar-refractivity contribution in [2.24, 2.45) is 0 Å². The largest absolute Gasteiger partial charge is 0.399 e. The number of aryl methyl sites for hydroxylation is 1. The maximum absolute atomic E-state index is 14.5. The fraction of sp³-hybridized carbons (Fsp3) is 0.286. The van der Waals surface area contributed by atoms with Crippen LogP contribution in [-0.4, -0.2) is 20.7 Å². The van der Waals surface area contributed by atoms with Crippen LogP contribution in [0.2, 0.25) is 0 Å². The Morgan fingerprint density at radius 3 is 2.75 bits per heavy atom. The molecule has 1 aliphatic heterocycles. The van der Waals surface area contributed by atoms with Gasteiger partial charge in [-0.05, 0) is 48.7 Å². The van der Waals surface area contributed by atoms with Gasteiger partial charge in [-0.2, -0.15) is 0 Å². The van der Waals surface area contributed by atoms with Crippen molar-refractivity contribution in [1.29, 1.82) is 0 Å². The zero-order valence-electron chi connectivity index (χ0n) is 15.5. The Balaban J connectivity index is 1.55.